The van der Waals surface area contributed by atoms with Gasteiger partial charge in [-0.1, -0.05) is 19.8 Å². The first-order chi connectivity index (χ1) is 7.68. The molecular formula is C15H26O. The summed E-state index contributed by atoms with van der Waals surface area (Å²) in [6.07, 6.45) is 11.7. The third-order valence-corrected chi connectivity index (χ3v) is 5.79. The molecule has 0 aromatic rings. The Bertz CT molecular complexity index is 262. The van der Waals surface area contributed by atoms with Crippen molar-refractivity contribution in [2.24, 2.45) is 23.7 Å². The first kappa shape index (κ1) is 11.1. The number of aliphatic hydroxyl groups is 1. The van der Waals surface area contributed by atoms with Gasteiger partial charge in [0.2, 0.25) is 0 Å². The molecule has 3 rings (SSSR count). The standard InChI is InChI=1S/C15H26O/c1-2-11-5-6-15(16,9-11)10-14-8-12-3-4-13(14)7-12/h11-14,16H,2-10H2,1H3. The zero-order chi connectivity index (χ0) is 11.2. The van der Waals surface area contributed by atoms with E-state index in [1.807, 2.05) is 0 Å². The van der Waals surface area contributed by atoms with E-state index < -0.39 is 0 Å². The van der Waals surface area contributed by atoms with Gasteiger partial charge < -0.3 is 5.11 Å². The Morgan fingerprint density at radius 3 is 2.62 bits per heavy atom. The average Bonchev–Trinajstić information content (AvgIpc) is 2.93. The van der Waals surface area contributed by atoms with Crippen LogP contribution in [0.2, 0.25) is 0 Å². The van der Waals surface area contributed by atoms with Crippen molar-refractivity contribution in [1.82, 2.24) is 0 Å². The van der Waals surface area contributed by atoms with E-state index in [0.29, 0.717) is 0 Å². The summed E-state index contributed by atoms with van der Waals surface area (Å²) < 4.78 is 0. The van der Waals surface area contributed by atoms with E-state index in [9.17, 15) is 5.11 Å². The molecule has 1 nitrogen and oxygen atoms in total. The van der Waals surface area contributed by atoms with Crippen LogP contribution in [-0.4, -0.2) is 10.7 Å². The van der Waals surface area contributed by atoms with E-state index in [-0.39, 0.29) is 5.60 Å². The highest BCUT2D eigenvalue weighted by molar-refractivity contribution is 4.97. The Hall–Kier alpha value is -0.0400. The fraction of sp³-hybridized carbons (Fsp3) is 1.00. The molecule has 0 aliphatic heterocycles. The number of rotatable bonds is 3. The maximum atomic E-state index is 10.7. The molecule has 16 heavy (non-hydrogen) atoms. The molecule has 1 heteroatoms. The summed E-state index contributed by atoms with van der Waals surface area (Å²) in [5.74, 6) is 3.69. The molecule has 2 bridgehead atoms. The molecule has 3 saturated carbocycles. The lowest BCUT2D eigenvalue weighted by Crippen LogP contribution is -2.30. The molecule has 5 unspecified atom stereocenters. The summed E-state index contributed by atoms with van der Waals surface area (Å²) in [6, 6.07) is 0. The minimum Gasteiger partial charge on any atom is -0.390 e. The Morgan fingerprint density at radius 2 is 2.06 bits per heavy atom. The molecule has 0 aromatic heterocycles. The first-order valence-corrected chi connectivity index (χ1v) is 7.41. The van der Waals surface area contributed by atoms with Crippen molar-refractivity contribution >= 4 is 0 Å². The van der Waals surface area contributed by atoms with Gasteiger partial charge in [0, 0.05) is 0 Å². The summed E-state index contributed by atoms with van der Waals surface area (Å²) in [5.41, 5.74) is -0.268. The van der Waals surface area contributed by atoms with Crippen LogP contribution < -0.4 is 0 Å². The predicted octanol–water partition coefficient (Wildman–Crippen LogP) is 3.75. The van der Waals surface area contributed by atoms with Gasteiger partial charge in [0.1, 0.15) is 0 Å². The maximum absolute atomic E-state index is 10.7. The van der Waals surface area contributed by atoms with Crippen LogP contribution in [0.15, 0.2) is 0 Å². The molecule has 3 aliphatic carbocycles. The third kappa shape index (κ3) is 1.92. The lowest BCUT2D eigenvalue weighted by molar-refractivity contribution is 0.00968. The normalized spacial score (nSPS) is 51.4. The average molecular weight is 222 g/mol. The van der Waals surface area contributed by atoms with Gasteiger partial charge >= 0.3 is 0 Å². The van der Waals surface area contributed by atoms with E-state index in [4.69, 9.17) is 0 Å². The highest BCUT2D eigenvalue weighted by Crippen LogP contribution is 2.53. The predicted molar refractivity (Wildman–Crippen MR) is 66.1 cm³/mol. The topological polar surface area (TPSA) is 20.2 Å². The second kappa shape index (κ2) is 4.01. The monoisotopic (exact) mass is 222 g/mol. The molecule has 0 aromatic carbocycles. The van der Waals surface area contributed by atoms with E-state index in [2.05, 4.69) is 6.92 Å². The minimum atomic E-state index is -0.268. The summed E-state index contributed by atoms with van der Waals surface area (Å²) in [4.78, 5) is 0. The van der Waals surface area contributed by atoms with Crippen molar-refractivity contribution in [3.05, 3.63) is 0 Å². The highest BCUT2D eigenvalue weighted by atomic mass is 16.3. The van der Waals surface area contributed by atoms with Crippen molar-refractivity contribution in [3.63, 3.8) is 0 Å². The summed E-state index contributed by atoms with van der Waals surface area (Å²) in [7, 11) is 0. The maximum Gasteiger partial charge on any atom is 0.0653 e. The molecule has 92 valence electrons. The van der Waals surface area contributed by atoms with Crippen LogP contribution in [0.4, 0.5) is 0 Å². The van der Waals surface area contributed by atoms with Gasteiger partial charge in [0.25, 0.3) is 0 Å². The molecule has 0 saturated heterocycles. The van der Waals surface area contributed by atoms with Crippen molar-refractivity contribution < 1.29 is 5.11 Å². The smallest absolute Gasteiger partial charge is 0.0653 e. The van der Waals surface area contributed by atoms with Crippen LogP contribution in [0.25, 0.3) is 0 Å². The van der Waals surface area contributed by atoms with Gasteiger partial charge in [-0.15, -0.1) is 0 Å². The molecule has 3 aliphatic rings. The van der Waals surface area contributed by atoms with Crippen molar-refractivity contribution in [2.45, 2.75) is 70.3 Å². The van der Waals surface area contributed by atoms with Gasteiger partial charge in [-0.25, -0.2) is 0 Å². The largest absolute Gasteiger partial charge is 0.390 e. The van der Waals surface area contributed by atoms with Gasteiger partial charge in [-0.05, 0) is 68.6 Å². The lowest BCUT2D eigenvalue weighted by atomic mass is 9.79. The molecule has 0 spiro atoms. The van der Waals surface area contributed by atoms with Crippen LogP contribution in [0.3, 0.4) is 0 Å². The van der Waals surface area contributed by atoms with E-state index in [1.165, 1.54) is 38.5 Å². The molecule has 3 fully saturated rings. The SMILES string of the molecule is CCC1CCC(O)(CC2CC3CCC2C3)C1. The molecule has 5 atom stereocenters. The second-order valence-corrected chi connectivity index (χ2v) is 6.88. The third-order valence-electron chi connectivity index (χ3n) is 5.79. The Balaban J connectivity index is 1.58. The summed E-state index contributed by atoms with van der Waals surface area (Å²) in [6.45, 7) is 2.27. The van der Waals surface area contributed by atoms with Gasteiger partial charge in [0.15, 0.2) is 0 Å². The quantitative estimate of drug-likeness (QED) is 0.771. The van der Waals surface area contributed by atoms with Crippen LogP contribution in [-0.2, 0) is 0 Å². The van der Waals surface area contributed by atoms with E-state index >= 15 is 0 Å². The van der Waals surface area contributed by atoms with E-state index in [0.717, 1.165) is 42.9 Å². The highest BCUT2D eigenvalue weighted by Gasteiger charge is 2.45. The minimum absolute atomic E-state index is 0.268. The van der Waals surface area contributed by atoms with E-state index in [1.54, 1.807) is 0 Å². The fourth-order valence-electron chi connectivity index (χ4n) is 4.86. The number of fused-ring (bicyclic) bond motifs is 2. The second-order valence-electron chi connectivity index (χ2n) is 6.88. The Morgan fingerprint density at radius 1 is 1.19 bits per heavy atom. The van der Waals surface area contributed by atoms with Crippen LogP contribution >= 0.6 is 0 Å². The molecule has 0 amide bonds. The van der Waals surface area contributed by atoms with Crippen molar-refractivity contribution in [3.8, 4) is 0 Å². The van der Waals surface area contributed by atoms with Gasteiger partial charge in [-0.2, -0.15) is 0 Å². The van der Waals surface area contributed by atoms with Crippen LogP contribution in [0.1, 0.15) is 64.7 Å². The van der Waals surface area contributed by atoms with Crippen LogP contribution in [0, 0.1) is 23.7 Å². The molecule has 0 radical (unpaired) electrons. The Kier molecular flexibility index (Phi) is 2.78. The van der Waals surface area contributed by atoms with Crippen molar-refractivity contribution in [1.29, 1.82) is 0 Å². The van der Waals surface area contributed by atoms with Crippen molar-refractivity contribution in [2.75, 3.05) is 0 Å². The zero-order valence-corrected chi connectivity index (χ0v) is 10.6. The van der Waals surface area contributed by atoms with Gasteiger partial charge in [0.05, 0.1) is 5.60 Å². The Labute approximate surface area is 99.6 Å². The molecular weight excluding hydrogens is 196 g/mol. The first-order valence-electron chi connectivity index (χ1n) is 7.41. The number of hydrogen-bond acceptors (Lipinski definition) is 1. The lowest BCUT2D eigenvalue weighted by Gasteiger charge is -2.31. The zero-order valence-electron chi connectivity index (χ0n) is 10.6. The van der Waals surface area contributed by atoms with Gasteiger partial charge in [-0.3, -0.25) is 0 Å². The fourth-order valence-corrected chi connectivity index (χ4v) is 4.86. The summed E-state index contributed by atoms with van der Waals surface area (Å²) in [5, 5.41) is 10.7. The molecule has 1 N–H and O–H groups in total. The van der Waals surface area contributed by atoms with Crippen LogP contribution in [0.5, 0.6) is 0 Å². The molecule has 0 heterocycles. The summed E-state index contributed by atoms with van der Waals surface area (Å²) >= 11 is 0. The number of hydrogen-bond donors (Lipinski definition) is 1.